The molecule has 0 heterocycles. The first kappa shape index (κ1) is 12.4. The van der Waals surface area contributed by atoms with Gasteiger partial charge in [-0.05, 0) is 12.8 Å². The summed E-state index contributed by atoms with van der Waals surface area (Å²) in [5.74, 6) is -0.310. The van der Waals surface area contributed by atoms with Gasteiger partial charge in [-0.1, -0.05) is 45.4 Å². The summed E-state index contributed by atoms with van der Waals surface area (Å²) in [6.07, 6.45) is 9.48. The van der Waals surface area contributed by atoms with Crippen LogP contribution in [0.15, 0.2) is 0 Å². The molecule has 0 amide bonds. The average molecular weight is 210 g/mol. The van der Waals surface area contributed by atoms with Gasteiger partial charge < -0.3 is 0 Å². The Labute approximate surface area is 92.4 Å². The summed E-state index contributed by atoms with van der Waals surface area (Å²) in [5.41, 5.74) is 0. The first-order valence-corrected chi connectivity index (χ1v) is 6.29. The van der Waals surface area contributed by atoms with E-state index in [1.165, 1.54) is 25.7 Å². The van der Waals surface area contributed by atoms with E-state index in [9.17, 15) is 9.59 Å². The van der Waals surface area contributed by atoms with Crippen LogP contribution in [-0.4, -0.2) is 11.6 Å². The lowest BCUT2D eigenvalue weighted by Gasteiger charge is -2.10. The van der Waals surface area contributed by atoms with E-state index in [4.69, 9.17) is 0 Å². The first-order valence-electron chi connectivity index (χ1n) is 6.29. The smallest absolute Gasteiger partial charge is 0.201 e. The fourth-order valence-corrected chi connectivity index (χ4v) is 2.15. The van der Waals surface area contributed by atoms with Crippen LogP contribution in [0.4, 0.5) is 0 Å². The zero-order valence-electron chi connectivity index (χ0n) is 9.76. The Balaban J connectivity index is 2.44. The van der Waals surface area contributed by atoms with Gasteiger partial charge in [0.2, 0.25) is 5.78 Å². The molecule has 1 aliphatic carbocycles. The van der Waals surface area contributed by atoms with Crippen LogP contribution in [0.3, 0.4) is 0 Å². The molecule has 1 rings (SSSR count). The second-order valence-electron chi connectivity index (χ2n) is 4.70. The third kappa shape index (κ3) is 4.59. The summed E-state index contributed by atoms with van der Waals surface area (Å²) in [5, 5.41) is 0. The van der Waals surface area contributed by atoms with Crippen LogP contribution in [0, 0.1) is 5.92 Å². The van der Waals surface area contributed by atoms with Crippen LogP contribution >= 0.6 is 0 Å². The van der Waals surface area contributed by atoms with E-state index in [1.54, 1.807) is 0 Å². The van der Waals surface area contributed by atoms with Crippen molar-refractivity contribution in [2.45, 2.75) is 64.7 Å². The highest BCUT2D eigenvalue weighted by Gasteiger charge is 2.20. The van der Waals surface area contributed by atoms with E-state index in [1.807, 2.05) is 6.92 Å². The normalized spacial score (nSPS) is 26.9. The van der Waals surface area contributed by atoms with Crippen LogP contribution < -0.4 is 0 Å². The predicted octanol–water partition coefficient (Wildman–Crippen LogP) is 3.29. The molecule has 0 aromatic carbocycles. The second-order valence-corrected chi connectivity index (χ2v) is 4.70. The Bertz CT molecular complexity index is 221. The molecular weight excluding hydrogens is 188 g/mol. The van der Waals surface area contributed by atoms with E-state index >= 15 is 0 Å². The maximum Gasteiger partial charge on any atom is 0.201 e. The summed E-state index contributed by atoms with van der Waals surface area (Å²) in [6.45, 7) is 1.89. The molecule has 0 aromatic rings. The van der Waals surface area contributed by atoms with Crippen molar-refractivity contribution in [3.8, 4) is 0 Å². The van der Waals surface area contributed by atoms with Crippen LogP contribution in [0.1, 0.15) is 64.7 Å². The molecule has 0 bridgehead atoms. The van der Waals surface area contributed by atoms with Gasteiger partial charge in [0, 0.05) is 12.3 Å². The number of carbonyl (C=O) groups excluding carboxylic acids is 2. The zero-order chi connectivity index (χ0) is 11.1. The Kier molecular flexibility index (Phi) is 5.59. The van der Waals surface area contributed by atoms with Gasteiger partial charge in [0.05, 0.1) is 0 Å². The zero-order valence-corrected chi connectivity index (χ0v) is 9.76. The van der Waals surface area contributed by atoms with E-state index in [0.29, 0.717) is 6.42 Å². The minimum Gasteiger partial charge on any atom is -0.291 e. The number of ketones is 2. The number of hydrogen-bond acceptors (Lipinski definition) is 2. The summed E-state index contributed by atoms with van der Waals surface area (Å²) in [4.78, 5) is 23.1. The second kappa shape index (κ2) is 6.76. The predicted molar refractivity (Wildman–Crippen MR) is 60.7 cm³/mol. The van der Waals surface area contributed by atoms with Crippen molar-refractivity contribution in [3.63, 3.8) is 0 Å². The monoisotopic (exact) mass is 210 g/mol. The Hall–Kier alpha value is -0.660. The molecule has 2 heteroatoms. The molecule has 1 aliphatic rings. The molecule has 15 heavy (non-hydrogen) atoms. The average Bonchev–Trinajstić information content (AvgIpc) is 2.23. The van der Waals surface area contributed by atoms with Crippen LogP contribution in [0.5, 0.6) is 0 Å². The van der Waals surface area contributed by atoms with Gasteiger partial charge in [-0.15, -0.1) is 0 Å². The molecule has 0 radical (unpaired) electrons. The fraction of sp³-hybridized carbons (Fsp3) is 0.846. The van der Waals surface area contributed by atoms with Gasteiger partial charge in [-0.25, -0.2) is 0 Å². The van der Waals surface area contributed by atoms with Crippen molar-refractivity contribution in [1.82, 2.24) is 0 Å². The largest absolute Gasteiger partial charge is 0.291 e. The van der Waals surface area contributed by atoms with Crippen molar-refractivity contribution >= 4 is 11.6 Å². The quantitative estimate of drug-likeness (QED) is 0.575. The maximum absolute atomic E-state index is 11.6. The highest BCUT2D eigenvalue weighted by molar-refractivity contribution is 6.37. The minimum absolute atomic E-state index is 0.0445. The van der Waals surface area contributed by atoms with Gasteiger partial charge in [-0.2, -0.15) is 0 Å². The maximum atomic E-state index is 11.6. The molecule has 0 aromatic heterocycles. The first-order chi connectivity index (χ1) is 7.22. The topological polar surface area (TPSA) is 34.1 Å². The van der Waals surface area contributed by atoms with Gasteiger partial charge in [0.1, 0.15) is 0 Å². The molecule has 0 aliphatic heterocycles. The number of carbonyl (C=O) groups is 2. The highest BCUT2D eigenvalue weighted by Crippen LogP contribution is 2.16. The standard InChI is InChI=1S/C13H22O2/c1-11-9-7-5-3-2-4-6-8-10-12(14)13(11)15/h11H,2-10H2,1H3. The van der Waals surface area contributed by atoms with Gasteiger partial charge in [0.25, 0.3) is 0 Å². The summed E-state index contributed by atoms with van der Waals surface area (Å²) < 4.78 is 0. The Morgan fingerprint density at radius 3 is 2.07 bits per heavy atom. The van der Waals surface area contributed by atoms with Crippen LogP contribution in [0.2, 0.25) is 0 Å². The third-order valence-electron chi connectivity index (χ3n) is 3.26. The van der Waals surface area contributed by atoms with E-state index < -0.39 is 0 Å². The van der Waals surface area contributed by atoms with E-state index in [-0.39, 0.29) is 17.5 Å². The molecule has 2 nitrogen and oxygen atoms in total. The lowest BCUT2D eigenvalue weighted by Crippen LogP contribution is -2.21. The molecule has 86 valence electrons. The van der Waals surface area contributed by atoms with Crippen molar-refractivity contribution in [1.29, 1.82) is 0 Å². The SMILES string of the molecule is CC1CCCCCCCCCC(=O)C1=O. The Morgan fingerprint density at radius 2 is 1.40 bits per heavy atom. The minimum atomic E-state index is -0.136. The molecule has 0 saturated heterocycles. The summed E-state index contributed by atoms with van der Waals surface area (Å²) in [7, 11) is 0. The number of Topliss-reactive ketones (excluding diaryl/α,β-unsaturated/α-hetero) is 2. The fourth-order valence-electron chi connectivity index (χ4n) is 2.15. The van der Waals surface area contributed by atoms with Crippen LogP contribution in [-0.2, 0) is 9.59 Å². The number of rotatable bonds is 0. The Morgan fingerprint density at radius 1 is 0.867 bits per heavy atom. The summed E-state index contributed by atoms with van der Waals surface area (Å²) in [6, 6.07) is 0. The van der Waals surface area contributed by atoms with Crippen molar-refractivity contribution in [3.05, 3.63) is 0 Å². The lowest BCUT2D eigenvalue weighted by atomic mass is 9.92. The van der Waals surface area contributed by atoms with Crippen molar-refractivity contribution in [2.75, 3.05) is 0 Å². The van der Waals surface area contributed by atoms with E-state index in [0.717, 1.165) is 25.7 Å². The van der Waals surface area contributed by atoms with Gasteiger partial charge in [-0.3, -0.25) is 9.59 Å². The molecule has 1 saturated carbocycles. The van der Waals surface area contributed by atoms with Crippen molar-refractivity contribution in [2.24, 2.45) is 5.92 Å². The molecule has 1 fully saturated rings. The third-order valence-corrected chi connectivity index (χ3v) is 3.26. The number of hydrogen-bond donors (Lipinski definition) is 0. The van der Waals surface area contributed by atoms with Crippen molar-refractivity contribution < 1.29 is 9.59 Å². The van der Waals surface area contributed by atoms with E-state index in [2.05, 4.69) is 0 Å². The molecule has 1 unspecified atom stereocenters. The molecular formula is C13H22O2. The summed E-state index contributed by atoms with van der Waals surface area (Å²) >= 11 is 0. The van der Waals surface area contributed by atoms with Gasteiger partial charge in [0.15, 0.2) is 5.78 Å². The molecule has 0 spiro atoms. The van der Waals surface area contributed by atoms with Gasteiger partial charge >= 0.3 is 0 Å². The molecule has 0 N–H and O–H groups in total. The molecule has 1 atom stereocenters. The highest BCUT2D eigenvalue weighted by atomic mass is 16.2. The lowest BCUT2D eigenvalue weighted by molar-refractivity contribution is -0.138. The van der Waals surface area contributed by atoms with Crippen LogP contribution in [0.25, 0.3) is 0 Å².